The number of ether oxygens (including phenoxy) is 3. The summed E-state index contributed by atoms with van der Waals surface area (Å²) >= 11 is 0. The van der Waals surface area contributed by atoms with Crippen LogP contribution in [0.4, 0.5) is 0 Å². The lowest BCUT2D eigenvalue weighted by Gasteiger charge is -2.18. The quantitative estimate of drug-likeness (QED) is 0.0354. The summed E-state index contributed by atoms with van der Waals surface area (Å²) in [7, 11) is 0. The summed E-state index contributed by atoms with van der Waals surface area (Å²) in [6.07, 6.45) is 56.4. The highest BCUT2D eigenvalue weighted by Crippen LogP contribution is 2.12. The van der Waals surface area contributed by atoms with Crippen molar-refractivity contribution in [1.29, 1.82) is 0 Å². The van der Waals surface area contributed by atoms with E-state index in [1.54, 1.807) is 0 Å². The van der Waals surface area contributed by atoms with Gasteiger partial charge in [0.2, 0.25) is 0 Å². The lowest BCUT2D eigenvalue weighted by molar-refractivity contribution is -0.163. The van der Waals surface area contributed by atoms with Crippen molar-refractivity contribution in [2.75, 3.05) is 19.8 Å². The number of unbranched alkanes of at least 4 members (excludes halogenated alkanes) is 17. The van der Waals surface area contributed by atoms with E-state index in [1.807, 2.05) is 0 Å². The number of carbonyl (C=O) groups excluding carboxylic acids is 2. The molecule has 0 saturated heterocycles. The maximum atomic E-state index is 12.5. The maximum Gasteiger partial charge on any atom is 0.306 e. The number of allylic oxidation sites excluding steroid dienone is 12. The van der Waals surface area contributed by atoms with Gasteiger partial charge < -0.3 is 14.2 Å². The minimum atomic E-state index is -0.550. The zero-order chi connectivity index (χ0) is 39.3. The summed E-state index contributed by atoms with van der Waals surface area (Å²) in [6, 6.07) is 0. The van der Waals surface area contributed by atoms with Gasteiger partial charge in [-0.1, -0.05) is 171 Å². The maximum absolute atomic E-state index is 12.5. The minimum Gasteiger partial charge on any atom is -0.462 e. The molecule has 54 heavy (non-hydrogen) atoms. The molecule has 0 fully saturated rings. The Labute approximate surface area is 334 Å². The van der Waals surface area contributed by atoms with E-state index in [-0.39, 0.29) is 25.2 Å². The normalized spacial score (nSPS) is 12.9. The molecular weight excluding hydrogens is 669 g/mol. The Morgan fingerprint density at radius 3 is 1.37 bits per heavy atom. The molecule has 0 aromatic rings. The first-order valence-electron chi connectivity index (χ1n) is 22.5. The fraction of sp³-hybridized carbons (Fsp3) is 0.714. The third-order valence-corrected chi connectivity index (χ3v) is 9.23. The lowest BCUT2D eigenvalue weighted by Crippen LogP contribution is -2.30. The molecule has 0 saturated carbocycles. The zero-order valence-corrected chi connectivity index (χ0v) is 35.5. The number of hydrogen-bond donors (Lipinski definition) is 0. The molecule has 0 aliphatic rings. The lowest BCUT2D eigenvalue weighted by atomic mass is 10.1. The van der Waals surface area contributed by atoms with Gasteiger partial charge in [-0.25, -0.2) is 0 Å². The van der Waals surface area contributed by atoms with E-state index in [0.717, 1.165) is 96.3 Å². The Bertz CT molecular complexity index is 988. The minimum absolute atomic E-state index is 0.0663. The Balaban J connectivity index is 4.12. The largest absolute Gasteiger partial charge is 0.462 e. The fourth-order valence-corrected chi connectivity index (χ4v) is 5.88. The molecule has 0 bridgehead atoms. The predicted octanol–water partition coefficient (Wildman–Crippen LogP) is 14.8. The van der Waals surface area contributed by atoms with E-state index in [4.69, 9.17) is 14.2 Å². The summed E-state index contributed by atoms with van der Waals surface area (Å²) in [4.78, 5) is 25.0. The highest BCUT2D eigenvalue weighted by atomic mass is 16.6. The third kappa shape index (κ3) is 42.1. The molecule has 0 rings (SSSR count). The van der Waals surface area contributed by atoms with Gasteiger partial charge in [0, 0.05) is 19.4 Å². The van der Waals surface area contributed by atoms with Crippen molar-refractivity contribution in [2.45, 2.75) is 207 Å². The van der Waals surface area contributed by atoms with Crippen molar-refractivity contribution in [3.8, 4) is 0 Å². The van der Waals surface area contributed by atoms with Gasteiger partial charge in [0.15, 0.2) is 6.10 Å². The first-order chi connectivity index (χ1) is 26.6. The van der Waals surface area contributed by atoms with Gasteiger partial charge in [0.1, 0.15) is 6.61 Å². The van der Waals surface area contributed by atoms with E-state index in [9.17, 15) is 9.59 Å². The number of hydrogen-bond acceptors (Lipinski definition) is 5. The van der Waals surface area contributed by atoms with Crippen molar-refractivity contribution in [3.05, 3.63) is 72.9 Å². The van der Waals surface area contributed by atoms with Gasteiger partial charge in [-0.3, -0.25) is 9.59 Å². The zero-order valence-electron chi connectivity index (χ0n) is 35.5. The van der Waals surface area contributed by atoms with Gasteiger partial charge in [0.05, 0.1) is 6.61 Å². The van der Waals surface area contributed by atoms with Crippen molar-refractivity contribution in [1.82, 2.24) is 0 Å². The molecular formula is C49H84O5. The highest BCUT2D eigenvalue weighted by molar-refractivity contribution is 5.70. The van der Waals surface area contributed by atoms with Gasteiger partial charge in [-0.05, 0) is 89.9 Å². The smallest absolute Gasteiger partial charge is 0.306 e. The van der Waals surface area contributed by atoms with Crippen LogP contribution >= 0.6 is 0 Å². The molecule has 0 radical (unpaired) electrons. The van der Waals surface area contributed by atoms with Crippen LogP contribution in [-0.4, -0.2) is 37.9 Å². The molecule has 0 aliphatic carbocycles. The van der Waals surface area contributed by atoms with Crippen LogP contribution in [0.2, 0.25) is 0 Å². The van der Waals surface area contributed by atoms with E-state index < -0.39 is 6.10 Å². The van der Waals surface area contributed by atoms with Crippen LogP contribution in [-0.2, 0) is 23.8 Å². The van der Waals surface area contributed by atoms with Crippen LogP contribution in [0.1, 0.15) is 201 Å². The summed E-state index contributed by atoms with van der Waals surface area (Å²) in [6.45, 7) is 7.54. The van der Waals surface area contributed by atoms with Crippen molar-refractivity contribution in [2.24, 2.45) is 0 Å². The van der Waals surface area contributed by atoms with Crippen LogP contribution in [0.5, 0.6) is 0 Å². The molecule has 5 heteroatoms. The van der Waals surface area contributed by atoms with Gasteiger partial charge in [0.25, 0.3) is 0 Å². The summed E-state index contributed by atoms with van der Waals surface area (Å²) < 4.78 is 17.2. The number of rotatable bonds is 40. The monoisotopic (exact) mass is 753 g/mol. The van der Waals surface area contributed by atoms with Gasteiger partial charge >= 0.3 is 11.9 Å². The molecule has 0 amide bonds. The molecule has 310 valence electrons. The van der Waals surface area contributed by atoms with Crippen molar-refractivity contribution < 1.29 is 23.8 Å². The standard InChI is InChI=1S/C49H84O5/c1-4-7-10-13-15-17-19-21-23-24-25-26-27-28-30-32-34-37-39-42-48(50)53-46-47(54-49(51)43-40-36-12-9-6-3)45-52-44-41-38-35-33-31-29-22-20-18-16-14-11-8-5-2/h8,11,15-18,21-23,25-26,29,47H,4-7,9-10,12-14,19-20,24,27-28,30-46H2,1-3H3/b11-8-,17-15-,18-16-,23-21-,26-25-,29-22-. The summed E-state index contributed by atoms with van der Waals surface area (Å²) in [5.74, 6) is -0.441. The molecule has 1 unspecified atom stereocenters. The fourth-order valence-electron chi connectivity index (χ4n) is 5.88. The Morgan fingerprint density at radius 2 is 0.833 bits per heavy atom. The predicted molar refractivity (Wildman–Crippen MR) is 233 cm³/mol. The highest BCUT2D eigenvalue weighted by Gasteiger charge is 2.17. The van der Waals surface area contributed by atoms with Crippen LogP contribution in [0.15, 0.2) is 72.9 Å². The second kappa shape index (κ2) is 44.7. The molecule has 5 nitrogen and oxygen atoms in total. The molecule has 0 aliphatic heterocycles. The molecule has 1 atom stereocenters. The van der Waals surface area contributed by atoms with E-state index in [1.165, 1.54) is 70.6 Å². The molecule has 0 heterocycles. The number of carbonyl (C=O) groups is 2. The van der Waals surface area contributed by atoms with E-state index in [2.05, 4.69) is 93.7 Å². The molecule has 0 N–H and O–H groups in total. The molecule has 0 spiro atoms. The Hall–Kier alpha value is -2.66. The third-order valence-electron chi connectivity index (χ3n) is 9.23. The van der Waals surface area contributed by atoms with Gasteiger partial charge in [-0.2, -0.15) is 0 Å². The first kappa shape index (κ1) is 51.3. The van der Waals surface area contributed by atoms with E-state index in [0.29, 0.717) is 19.4 Å². The van der Waals surface area contributed by atoms with E-state index >= 15 is 0 Å². The molecule has 0 aromatic carbocycles. The second-order valence-electron chi connectivity index (χ2n) is 14.6. The first-order valence-corrected chi connectivity index (χ1v) is 22.5. The number of esters is 2. The van der Waals surface area contributed by atoms with Crippen LogP contribution in [0.3, 0.4) is 0 Å². The van der Waals surface area contributed by atoms with Gasteiger partial charge in [-0.15, -0.1) is 0 Å². The average molecular weight is 753 g/mol. The van der Waals surface area contributed by atoms with Crippen LogP contribution < -0.4 is 0 Å². The second-order valence-corrected chi connectivity index (χ2v) is 14.6. The Kier molecular flexibility index (Phi) is 42.5. The van der Waals surface area contributed by atoms with Crippen LogP contribution in [0.25, 0.3) is 0 Å². The van der Waals surface area contributed by atoms with Crippen LogP contribution in [0, 0.1) is 0 Å². The average Bonchev–Trinajstić information content (AvgIpc) is 3.17. The Morgan fingerprint density at radius 1 is 0.426 bits per heavy atom. The molecule has 0 aromatic heterocycles. The van der Waals surface area contributed by atoms with Crippen molar-refractivity contribution >= 4 is 11.9 Å². The summed E-state index contributed by atoms with van der Waals surface area (Å²) in [5, 5.41) is 0. The summed E-state index contributed by atoms with van der Waals surface area (Å²) in [5.41, 5.74) is 0. The topological polar surface area (TPSA) is 61.8 Å². The SMILES string of the molecule is CC/C=C\C/C=C\C/C=C\CCCCCCOCC(COC(=O)CCCCCCCC/C=C\C/C=C\C/C=C\CCCCC)OC(=O)CCCCCCC. The van der Waals surface area contributed by atoms with Crippen molar-refractivity contribution in [3.63, 3.8) is 0 Å².